The van der Waals surface area contributed by atoms with Crippen molar-refractivity contribution in [2.45, 2.75) is 39.0 Å². The maximum Gasteiger partial charge on any atom is 0.226 e. The minimum atomic E-state index is 0.606. The van der Waals surface area contributed by atoms with E-state index in [0.29, 0.717) is 18.4 Å². The van der Waals surface area contributed by atoms with Crippen LogP contribution in [0, 0.1) is 13.8 Å². The number of halogens is 1. The van der Waals surface area contributed by atoms with Gasteiger partial charge < -0.3 is 9.15 Å². The number of benzene rings is 2. The van der Waals surface area contributed by atoms with Gasteiger partial charge >= 0.3 is 0 Å². The smallest absolute Gasteiger partial charge is 0.226 e. The zero-order chi connectivity index (χ0) is 18.8. The van der Waals surface area contributed by atoms with Crippen LogP contribution in [0.3, 0.4) is 0 Å². The molecule has 0 spiro atoms. The van der Waals surface area contributed by atoms with Crippen molar-refractivity contribution in [3.05, 3.63) is 70.6 Å². The van der Waals surface area contributed by atoms with E-state index in [4.69, 9.17) is 9.15 Å². The fourth-order valence-electron chi connectivity index (χ4n) is 3.68. The molecule has 0 fully saturated rings. The van der Waals surface area contributed by atoms with Crippen LogP contribution in [0.25, 0.3) is 11.5 Å². The number of rotatable bonds is 6. The number of hydrogen-bond donors (Lipinski definition) is 0. The summed E-state index contributed by atoms with van der Waals surface area (Å²) in [6.07, 6.45) is 3.18. The predicted molar refractivity (Wildman–Crippen MR) is 117 cm³/mol. The summed E-state index contributed by atoms with van der Waals surface area (Å²) in [7, 11) is 0. The lowest BCUT2D eigenvalue weighted by Crippen LogP contribution is -2.03. The number of hydrogen-bond acceptors (Lipinski definition) is 3. The molecule has 0 unspecified atom stereocenters. The molecule has 3 nitrogen and oxygen atoms in total. The van der Waals surface area contributed by atoms with Crippen LogP contribution in [0.15, 0.2) is 46.9 Å². The van der Waals surface area contributed by atoms with E-state index in [2.05, 4.69) is 77.0 Å². The molecule has 0 saturated carbocycles. The average molecular weight is 473 g/mol. The van der Waals surface area contributed by atoms with Crippen LogP contribution in [0.2, 0.25) is 0 Å². The molecule has 1 aliphatic rings. The zero-order valence-corrected chi connectivity index (χ0v) is 18.0. The number of aryl methyl sites for hydroxylation is 3. The van der Waals surface area contributed by atoms with Gasteiger partial charge in [-0.15, -0.1) is 0 Å². The Morgan fingerprint density at radius 2 is 1.96 bits per heavy atom. The van der Waals surface area contributed by atoms with Crippen LogP contribution >= 0.6 is 22.6 Å². The Morgan fingerprint density at radius 1 is 1.15 bits per heavy atom. The molecule has 0 N–H and O–H groups in total. The molecule has 4 rings (SSSR count). The zero-order valence-electron chi connectivity index (χ0n) is 15.8. The first kappa shape index (κ1) is 18.5. The lowest BCUT2D eigenvalue weighted by molar-refractivity contribution is 0.319. The molecule has 0 aliphatic heterocycles. The van der Waals surface area contributed by atoms with Crippen LogP contribution in [-0.4, -0.2) is 16.0 Å². The summed E-state index contributed by atoms with van der Waals surface area (Å²) in [5.41, 5.74) is 6.17. The van der Waals surface area contributed by atoms with E-state index in [0.717, 1.165) is 29.2 Å². The first-order valence-electron chi connectivity index (χ1n) is 9.49. The molecule has 3 aromatic rings. The molecule has 2 aromatic carbocycles. The highest BCUT2D eigenvalue weighted by molar-refractivity contribution is 14.1. The SMILES string of the molecule is Cc1ccc(-c2nc(CCOc3ccc4c(c3)CC[C@H]4CI)c(C)o2)cc1. The largest absolute Gasteiger partial charge is 0.493 e. The number of alkyl halides is 1. The van der Waals surface area contributed by atoms with Crippen molar-refractivity contribution in [2.75, 3.05) is 11.0 Å². The normalized spacial score (nSPS) is 15.7. The van der Waals surface area contributed by atoms with Crippen LogP contribution in [0.1, 0.15) is 40.5 Å². The van der Waals surface area contributed by atoms with Gasteiger partial charge in [0.2, 0.25) is 5.89 Å². The fourth-order valence-corrected chi connectivity index (χ4v) is 4.59. The van der Waals surface area contributed by atoms with E-state index in [1.165, 1.54) is 34.0 Å². The topological polar surface area (TPSA) is 35.3 Å². The maximum atomic E-state index is 6.01. The first-order valence-corrected chi connectivity index (χ1v) is 11.0. The number of fused-ring (bicyclic) bond motifs is 1. The van der Waals surface area contributed by atoms with Gasteiger partial charge in [0.25, 0.3) is 0 Å². The van der Waals surface area contributed by atoms with E-state index >= 15 is 0 Å². The molecule has 0 amide bonds. The second kappa shape index (κ2) is 8.05. The van der Waals surface area contributed by atoms with E-state index in [-0.39, 0.29) is 0 Å². The van der Waals surface area contributed by atoms with Gasteiger partial charge in [-0.2, -0.15) is 0 Å². The number of ether oxygens (including phenoxy) is 1. The maximum absolute atomic E-state index is 6.01. The van der Waals surface area contributed by atoms with Gasteiger partial charge in [0.05, 0.1) is 12.3 Å². The summed E-state index contributed by atoms with van der Waals surface area (Å²) in [4.78, 5) is 4.67. The predicted octanol–water partition coefficient (Wildman–Crippen LogP) is 6.04. The molecular weight excluding hydrogens is 449 g/mol. The van der Waals surface area contributed by atoms with Gasteiger partial charge in [0, 0.05) is 16.4 Å². The highest BCUT2D eigenvalue weighted by atomic mass is 127. The molecule has 27 heavy (non-hydrogen) atoms. The molecule has 1 aliphatic carbocycles. The third kappa shape index (κ3) is 4.05. The van der Waals surface area contributed by atoms with Crippen molar-refractivity contribution < 1.29 is 9.15 Å². The highest BCUT2D eigenvalue weighted by Gasteiger charge is 2.21. The Morgan fingerprint density at radius 3 is 2.74 bits per heavy atom. The summed E-state index contributed by atoms with van der Waals surface area (Å²) in [6, 6.07) is 14.8. The highest BCUT2D eigenvalue weighted by Crippen LogP contribution is 2.36. The summed E-state index contributed by atoms with van der Waals surface area (Å²) < 4.78 is 13.1. The Labute approximate surface area is 174 Å². The monoisotopic (exact) mass is 473 g/mol. The standard InChI is InChI=1S/C23H24INO2/c1-15-3-5-17(6-4-15)23-25-22(16(2)27-23)11-12-26-20-9-10-21-18(13-20)7-8-19(21)14-24/h3-6,9-10,13,19H,7-8,11-12,14H2,1-2H3/t19-/m0/s1. The lowest BCUT2D eigenvalue weighted by Gasteiger charge is -2.10. The molecule has 0 bridgehead atoms. The van der Waals surface area contributed by atoms with Gasteiger partial charge in [0.1, 0.15) is 11.5 Å². The van der Waals surface area contributed by atoms with Crippen molar-refractivity contribution in [3.63, 3.8) is 0 Å². The number of oxazole rings is 1. The number of nitrogens with zero attached hydrogens (tertiary/aromatic N) is 1. The lowest BCUT2D eigenvalue weighted by atomic mass is 10.0. The van der Waals surface area contributed by atoms with Crippen molar-refractivity contribution in [1.29, 1.82) is 0 Å². The van der Waals surface area contributed by atoms with Crippen molar-refractivity contribution in [2.24, 2.45) is 0 Å². The molecule has 1 heterocycles. The molecule has 0 radical (unpaired) electrons. The molecule has 0 saturated heterocycles. The van der Waals surface area contributed by atoms with E-state index in [9.17, 15) is 0 Å². The van der Waals surface area contributed by atoms with Crippen LogP contribution < -0.4 is 4.74 Å². The molecule has 4 heteroatoms. The van der Waals surface area contributed by atoms with Crippen LogP contribution in [0.4, 0.5) is 0 Å². The molecular formula is C23H24INO2. The van der Waals surface area contributed by atoms with Crippen molar-refractivity contribution in [3.8, 4) is 17.2 Å². The average Bonchev–Trinajstić information content (AvgIpc) is 3.25. The summed E-state index contributed by atoms with van der Waals surface area (Å²) >= 11 is 2.49. The first-order chi connectivity index (χ1) is 13.1. The molecule has 1 atom stereocenters. The fraction of sp³-hybridized carbons (Fsp3) is 0.348. The molecule has 1 aromatic heterocycles. The Bertz CT molecular complexity index is 930. The third-order valence-electron chi connectivity index (χ3n) is 5.30. The van der Waals surface area contributed by atoms with E-state index in [1.807, 2.05) is 6.92 Å². The van der Waals surface area contributed by atoms with Gasteiger partial charge in [-0.1, -0.05) is 46.4 Å². The minimum absolute atomic E-state index is 0.606. The van der Waals surface area contributed by atoms with Crippen molar-refractivity contribution >= 4 is 22.6 Å². The summed E-state index contributed by atoms with van der Waals surface area (Å²) in [5.74, 6) is 3.23. The summed E-state index contributed by atoms with van der Waals surface area (Å²) in [6.45, 7) is 4.66. The Hall–Kier alpha value is -1.82. The third-order valence-corrected chi connectivity index (χ3v) is 6.36. The van der Waals surface area contributed by atoms with Gasteiger partial charge in [-0.05, 0) is 68.0 Å². The Kier molecular flexibility index (Phi) is 5.53. The second-order valence-corrected chi connectivity index (χ2v) is 8.12. The Balaban J connectivity index is 1.39. The van der Waals surface area contributed by atoms with E-state index < -0.39 is 0 Å². The van der Waals surface area contributed by atoms with E-state index in [1.54, 1.807) is 0 Å². The molecule has 140 valence electrons. The van der Waals surface area contributed by atoms with Gasteiger partial charge in [-0.3, -0.25) is 0 Å². The van der Waals surface area contributed by atoms with Gasteiger partial charge in [-0.25, -0.2) is 4.98 Å². The quantitative estimate of drug-likeness (QED) is 0.323. The van der Waals surface area contributed by atoms with Gasteiger partial charge in [0.15, 0.2) is 0 Å². The van der Waals surface area contributed by atoms with Crippen LogP contribution in [-0.2, 0) is 12.8 Å². The van der Waals surface area contributed by atoms with Crippen molar-refractivity contribution in [1.82, 2.24) is 4.98 Å². The summed E-state index contributed by atoms with van der Waals surface area (Å²) in [5, 5.41) is 0. The second-order valence-electron chi connectivity index (χ2n) is 7.24. The number of aromatic nitrogens is 1. The minimum Gasteiger partial charge on any atom is -0.493 e. The van der Waals surface area contributed by atoms with Crippen LogP contribution in [0.5, 0.6) is 5.75 Å².